The van der Waals surface area contributed by atoms with Crippen LogP contribution in [0.5, 0.6) is 0 Å². The van der Waals surface area contributed by atoms with Crippen LogP contribution in [0.25, 0.3) is 10.9 Å². The van der Waals surface area contributed by atoms with Gasteiger partial charge in [-0.25, -0.2) is 9.18 Å². The van der Waals surface area contributed by atoms with Crippen LogP contribution in [0.3, 0.4) is 0 Å². The SMILES string of the molecule is CC(C)(C)OC(=O)N1CCC(c2cn(C3CCC3)c3c(F)c(Br)ccc23)CC1. The topological polar surface area (TPSA) is 34.5 Å². The average molecular weight is 451 g/mol. The summed E-state index contributed by atoms with van der Waals surface area (Å²) < 4.78 is 23.1. The highest BCUT2D eigenvalue weighted by Crippen LogP contribution is 2.42. The van der Waals surface area contributed by atoms with Gasteiger partial charge in [0.2, 0.25) is 0 Å². The first-order valence-corrected chi connectivity index (χ1v) is 11.0. The number of amides is 1. The van der Waals surface area contributed by atoms with Crippen molar-refractivity contribution in [3.05, 3.63) is 34.2 Å². The molecule has 1 aliphatic carbocycles. The Balaban J connectivity index is 1.57. The van der Waals surface area contributed by atoms with Crippen molar-refractivity contribution >= 4 is 32.9 Å². The smallest absolute Gasteiger partial charge is 0.410 e. The number of nitrogens with zero attached hydrogens (tertiary/aromatic N) is 2. The van der Waals surface area contributed by atoms with Gasteiger partial charge in [-0.1, -0.05) is 6.07 Å². The van der Waals surface area contributed by atoms with Crippen molar-refractivity contribution in [3.8, 4) is 0 Å². The van der Waals surface area contributed by atoms with Gasteiger partial charge in [-0.3, -0.25) is 0 Å². The van der Waals surface area contributed by atoms with Crippen molar-refractivity contribution in [2.45, 2.75) is 70.4 Å². The van der Waals surface area contributed by atoms with Crippen LogP contribution in [0, 0.1) is 5.82 Å². The molecule has 2 heterocycles. The highest BCUT2D eigenvalue weighted by molar-refractivity contribution is 9.10. The number of carbonyl (C=O) groups excluding carboxylic acids is 1. The van der Waals surface area contributed by atoms with E-state index in [0.29, 0.717) is 29.5 Å². The van der Waals surface area contributed by atoms with E-state index in [2.05, 4.69) is 26.7 Å². The summed E-state index contributed by atoms with van der Waals surface area (Å²) in [5, 5.41) is 1.02. The van der Waals surface area contributed by atoms with Crippen molar-refractivity contribution in [2.75, 3.05) is 13.1 Å². The van der Waals surface area contributed by atoms with Gasteiger partial charge in [0.25, 0.3) is 0 Å². The minimum Gasteiger partial charge on any atom is -0.444 e. The van der Waals surface area contributed by atoms with Gasteiger partial charge in [-0.2, -0.15) is 0 Å². The van der Waals surface area contributed by atoms with Gasteiger partial charge >= 0.3 is 6.09 Å². The standard InChI is InChI=1S/C22H28BrFN2O2/c1-22(2,3)28-21(27)25-11-9-14(10-12-25)17-13-26(15-5-4-6-15)20-16(17)7-8-18(23)19(20)24/h7-8,13-15H,4-6,9-12H2,1-3H3. The van der Waals surface area contributed by atoms with Crippen molar-refractivity contribution in [3.63, 3.8) is 0 Å². The van der Waals surface area contributed by atoms with Crippen molar-refractivity contribution in [1.82, 2.24) is 9.47 Å². The molecule has 0 N–H and O–H groups in total. The lowest BCUT2D eigenvalue weighted by Crippen LogP contribution is -2.41. The number of hydrogen-bond donors (Lipinski definition) is 0. The summed E-state index contributed by atoms with van der Waals surface area (Å²) in [6.45, 7) is 7.02. The van der Waals surface area contributed by atoms with Gasteiger partial charge in [0, 0.05) is 30.7 Å². The largest absolute Gasteiger partial charge is 0.444 e. The minimum absolute atomic E-state index is 0.165. The zero-order chi connectivity index (χ0) is 20.1. The van der Waals surface area contributed by atoms with Crippen LogP contribution in [0.1, 0.15) is 70.4 Å². The Morgan fingerprint density at radius 1 is 1.18 bits per heavy atom. The zero-order valence-electron chi connectivity index (χ0n) is 16.8. The molecule has 0 unspecified atom stereocenters. The van der Waals surface area contributed by atoms with E-state index in [1.807, 2.05) is 32.9 Å². The number of hydrogen-bond acceptors (Lipinski definition) is 2. The fourth-order valence-electron chi connectivity index (χ4n) is 4.29. The highest BCUT2D eigenvalue weighted by Gasteiger charge is 2.31. The maximum Gasteiger partial charge on any atom is 0.410 e. The van der Waals surface area contributed by atoms with Gasteiger partial charge in [-0.15, -0.1) is 0 Å². The molecule has 6 heteroatoms. The molecule has 0 spiro atoms. The third-order valence-electron chi connectivity index (χ3n) is 5.97. The number of halogens is 2. The molecule has 0 atom stereocenters. The quantitative estimate of drug-likeness (QED) is 0.531. The van der Waals surface area contributed by atoms with Gasteiger partial charge in [0.1, 0.15) is 5.60 Å². The average Bonchev–Trinajstić information content (AvgIpc) is 2.95. The van der Waals surface area contributed by atoms with Gasteiger partial charge in [0.15, 0.2) is 5.82 Å². The normalized spacial score (nSPS) is 19.1. The fourth-order valence-corrected chi connectivity index (χ4v) is 4.61. The molecule has 2 aliphatic rings. The van der Waals surface area contributed by atoms with E-state index in [1.165, 1.54) is 12.0 Å². The second-order valence-corrected chi connectivity index (χ2v) is 9.93. The molecule has 2 aromatic rings. The Morgan fingerprint density at radius 2 is 1.86 bits per heavy atom. The van der Waals surface area contributed by atoms with Crippen molar-refractivity contribution < 1.29 is 13.9 Å². The molecule has 152 valence electrons. The highest BCUT2D eigenvalue weighted by atomic mass is 79.9. The Kier molecular flexibility index (Phi) is 5.19. The molecule has 4 rings (SSSR count). The summed E-state index contributed by atoms with van der Waals surface area (Å²) in [5.74, 6) is 0.171. The molecule has 0 radical (unpaired) electrons. The van der Waals surface area contributed by atoms with E-state index in [-0.39, 0.29) is 11.9 Å². The molecular weight excluding hydrogens is 423 g/mol. The van der Waals surface area contributed by atoms with Crippen molar-refractivity contribution in [2.24, 2.45) is 0 Å². The molecule has 0 bridgehead atoms. The number of ether oxygens (including phenoxy) is 1. The summed E-state index contributed by atoms with van der Waals surface area (Å²) in [6, 6.07) is 4.25. The third-order valence-corrected chi connectivity index (χ3v) is 6.58. The molecule has 4 nitrogen and oxygen atoms in total. The van der Waals surface area contributed by atoms with Gasteiger partial charge in [-0.05, 0) is 86.4 Å². The first-order valence-electron chi connectivity index (χ1n) is 10.2. The summed E-state index contributed by atoms with van der Waals surface area (Å²) in [5.41, 5.74) is 1.47. The van der Waals surface area contributed by atoms with Gasteiger partial charge in [0.05, 0.1) is 9.99 Å². The predicted molar refractivity (Wildman–Crippen MR) is 112 cm³/mol. The molecule has 2 fully saturated rings. The Labute approximate surface area is 174 Å². The maximum absolute atomic E-state index is 14.9. The molecule has 1 saturated heterocycles. The number of carbonyl (C=O) groups is 1. The van der Waals surface area contributed by atoms with Crippen LogP contribution in [0.15, 0.2) is 22.8 Å². The van der Waals surface area contributed by atoms with E-state index >= 15 is 0 Å². The lowest BCUT2D eigenvalue weighted by Gasteiger charge is -2.33. The Hall–Kier alpha value is -1.56. The van der Waals surface area contributed by atoms with E-state index < -0.39 is 5.60 Å². The van der Waals surface area contributed by atoms with E-state index in [4.69, 9.17) is 4.74 Å². The zero-order valence-corrected chi connectivity index (χ0v) is 18.4. The molecule has 1 saturated carbocycles. The Bertz CT molecular complexity index is 890. The van der Waals surface area contributed by atoms with E-state index in [0.717, 1.165) is 36.6 Å². The maximum atomic E-state index is 14.9. The monoisotopic (exact) mass is 450 g/mol. The van der Waals surface area contributed by atoms with Gasteiger partial charge < -0.3 is 14.2 Å². The second kappa shape index (κ2) is 7.36. The van der Waals surface area contributed by atoms with E-state index in [1.54, 1.807) is 4.90 Å². The summed E-state index contributed by atoms with van der Waals surface area (Å²) in [7, 11) is 0. The van der Waals surface area contributed by atoms with Crippen LogP contribution < -0.4 is 0 Å². The lowest BCUT2D eigenvalue weighted by atomic mass is 9.89. The molecular formula is C22H28BrFN2O2. The minimum atomic E-state index is -0.477. The van der Waals surface area contributed by atoms with E-state index in [9.17, 15) is 9.18 Å². The summed E-state index contributed by atoms with van der Waals surface area (Å²) in [6.07, 6.45) is 7.14. The van der Waals surface area contributed by atoms with Crippen LogP contribution in [0.2, 0.25) is 0 Å². The van der Waals surface area contributed by atoms with Crippen molar-refractivity contribution in [1.29, 1.82) is 0 Å². The molecule has 1 aromatic heterocycles. The first kappa shape index (κ1) is 19.7. The van der Waals surface area contributed by atoms with Crippen LogP contribution in [-0.4, -0.2) is 34.3 Å². The lowest BCUT2D eigenvalue weighted by molar-refractivity contribution is 0.0205. The number of fused-ring (bicyclic) bond motifs is 1. The molecule has 1 amide bonds. The number of aromatic nitrogens is 1. The number of rotatable bonds is 2. The number of benzene rings is 1. The summed E-state index contributed by atoms with van der Waals surface area (Å²) >= 11 is 3.35. The number of piperidine rings is 1. The number of likely N-dealkylation sites (tertiary alicyclic amines) is 1. The van der Waals surface area contributed by atoms with Crippen LogP contribution in [-0.2, 0) is 4.74 Å². The molecule has 1 aromatic carbocycles. The van der Waals surface area contributed by atoms with Crippen LogP contribution in [0.4, 0.5) is 9.18 Å². The first-order chi connectivity index (χ1) is 13.2. The summed E-state index contributed by atoms with van der Waals surface area (Å²) in [4.78, 5) is 14.1. The Morgan fingerprint density at radius 3 is 2.43 bits per heavy atom. The van der Waals surface area contributed by atoms with Crippen LogP contribution >= 0.6 is 15.9 Å². The molecule has 28 heavy (non-hydrogen) atoms. The molecule has 1 aliphatic heterocycles. The fraction of sp³-hybridized carbons (Fsp3) is 0.591. The second-order valence-electron chi connectivity index (χ2n) is 9.08. The predicted octanol–water partition coefficient (Wildman–Crippen LogP) is 6.38. The third kappa shape index (κ3) is 3.68.